The van der Waals surface area contributed by atoms with Crippen molar-refractivity contribution in [3.05, 3.63) is 32.4 Å². The minimum Gasteiger partial charge on any atom is -0.388 e. The largest absolute Gasteiger partial charge is 0.388 e. The summed E-state index contributed by atoms with van der Waals surface area (Å²) in [5, 5.41) is 11.3. The summed E-state index contributed by atoms with van der Waals surface area (Å²) in [5.41, 5.74) is 1.02. The molecule has 2 saturated carbocycles. The predicted octanol–water partition coefficient (Wildman–Crippen LogP) is 4.41. The van der Waals surface area contributed by atoms with Crippen molar-refractivity contribution < 1.29 is 5.11 Å². The van der Waals surface area contributed by atoms with Gasteiger partial charge in [0.25, 0.3) is 0 Å². The van der Waals surface area contributed by atoms with Gasteiger partial charge in [0.15, 0.2) is 0 Å². The predicted molar refractivity (Wildman–Crippen MR) is 78.1 cm³/mol. The number of benzene rings is 1. The highest BCUT2D eigenvalue weighted by Gasteiger charge is 2.43. The smallest absolute Gasteiger partial charge is 0.0831 e. The number of hydrogen-bond donors (Lipinski definition) is 1. The minimum atomic E-state index is -0.323. The molecule has 1 nitrogen and oxygen atoms in total. The summed E-state index contributed by atoms with van der Waals surface area (Å²) in [6.07, 6.45) is 4.90. The van der Waals surface area contributed by atoms with E-state index in [1.165, 1.54) is 25.7 Å². The third-order valence-corrected chi connectivity index (χ3v) is 5.69. The highest BCUT2D eigenvalue weighted by Crippen LogP contribution is 2.52. The van der Waals surface area contributed by atoms with Gasteiger partial charge >= 0.3 is 0 Å². The fourth-order valence-corrected chi connectivity index (χ4v) is 4.49. The van der Waals surface area contributed by atoms with Crippen LogP contribution in [0.5, 0.6) is 0 Å². The van der Waals surface area contributed by atoms with Crippen LogP contribution in [-0.4, -0.2) is 5.11 Å². The van der Waals surface area contributed by atoms with Gasteiger partial charge in [-0.05, 0) is 83.4 Å². The Kier molecular flexibility index (Phi) is 3.39. The number of hydrogen-bond acceptors (Lipinski definition) is 1. The number of aliphatic hydroxyl groups excluding tert-OH is 1. The summed E-state index contributed by atoms with van der Waals surface area (Å²) >= 11 is 8.32. The second-order valence-corrected chi connectivity index (χ2v) is 7.05. The zero-order chi connectivity index (χ0) is 12.0. The summed E-state index contributed by atoms with van der Waals surface area (Å²) in [6.45, 7) is 0. The second-order valence-electron chi connectivity index (χ2n) is 5.45. The average molecular weight is 363 g/mol. The number of halogens is 2. The van der Waals surface area contributed by atoms with Crippen LogP contribution in [0.25, 0.3) is 0 Å². The molecule has 17 heavy (non-hydrogen) atoms. The molecular weight excluding hydrogens is 347 g/mol. The van der Waals surface area contributed by atoms with Crippen LogP contribution in [0.15, 0.2) is 18.2 Å². The lowest BCUT2D eigenvalue weighted by Crippen LogP contribution is -2.19. The molecule has 2 aliphatic rings. The second kappa shape index (κ2) is 4.71. The van der Waals surface area contributed by atoms with E-state index in [1.807, 2.05) is 18.2 Å². The van der Waals surface area contributed by atoms with E-state index in [9.17, 15) is 5.11 Å². The zero-order valence-corrected chi connectivity index (χ0v) is 12.5. The van der Waals surface area contributed by atoms with E-state index < -0.39 is 0 Å². The van der Waals surface area contributed by atoms with E-state index in [0.717, 1.165) is 26.0 Å². The van der Waals surface area contributed by atoms with Gasteiger partial charge in [0, 0.05) is 8.59 Å². The Morgan fingerprint density at radius 3 is 2.76 bits per heavy atom. The third-order valence-electron chi connectivity index (χ3n) is 4.48. The summed E-state index contributed by atoms with van der Waals surface area (Å²) in [5.74, 6) is 2.07. The third kappa shape index (κ3) is 2.24. The van der Waals surface area contributed by atoms with Gasteiger partial charge in [-0.25, -0.2) is 0 Å². The van der Waals surface area contributed by atoms with E-state index >= 15 is 0 Å². The Bertz CT molecular complexity index is 434. The fourth-order valence-electron chi connectivity index (χ4n) is 3.65. The van der Waals surface area contributed by atoms with Crippen LogP contribution in [-0.2, 0) is 0 Å². The Balaban J connectivity index is 1.86. The summed E-state index contributed by atoms with van der Waals surface area (Å²) in [7, 11) is 0. The molecule has 2 fully saturated rings. The van der Waals surface area contributed by atoms with E-state index in [1.54, 1.807) is 0 Å². The SMILES string of the molecule is OC(c1cc(Cl)ccc1I)C1CC2CCC1C2. The molecule has 1 aromatic carbocycles. The molecule has 0 aliphatic heterocycles. The molecule has 0 aromatic heterocycles. The molecule has 1 aromatic rings. The van der Waals surface area contributed by atoms with Crippen molar-refractivity contribution in [3.8, 4) is 0 Å². The Labute approximate surface area is 121 Å². The molecule has 0 amide bonds. The first-order valence-electron chi connectivity index (χ1n) is 6.28. The van der Waals surface area contributed by atoms with Gasteiger partial charge in [0.2, 0.25) is 0 Å². The van der Waals surface area contributed by atoms with Crippen molar-refractivity contribution >= 4 is 34.2 Å². The van der Waals surface area contributed by atoms with E-state index in [2.05, 4.69) is 22.6 Å². The molecule has 0 radical (unpaired) electrons. The fraction of sp³-hybridized carbons (Fsp3) is 0.571. The maximum atomic E-state index is 10.6. The van der Waals surface area contributed by atoms with Crippen LogP contribution in [0, 0.1) is 21.3 Å². The standard InChI is InChI=1S/C14H16ClIO/c15-10-3-4-13(16)12(7-10)14(17)11-6-8-1-2-9(11)5-8/h3-4,7-9,11,14,17H,1-2,5-6H2. The van der Waals surface area contributed by atoms with E-state index in [0.29, 0.717) is 5.92 Å². The topological polar surface area (TPSA) is 20.2 Å². The number of fused-ring (bicyclic) bond motifs is 2. The van der Waals surface area contributed by atoms with Gasteiger partial charge in [-0.15, -0.1) is 0 Å². The van der Waals surface area contributed by atoms with E-state index in [4.69, 9.17) is 11.6 Å². The number of aliphatic hydroxyl groups is 1. The van der Waals surface area contributed by atoms with Crippen LogP contribution in [0.3, 0.4) is 0 Å². The molecule has 3 rings (SSSR count). The van der Waals surface area contributed by atoms with Crippen LogP contribution in [0.2, 0.25) is 5.02 Å². The Morgan fingerprint density at radius 1 is 1.29 bits per heavy atom. The van der Waals surface area contributed by atoms with Crippen molar-refractivity contribution in [2.45, 2.75) is 31.8 Å². The lowest BCUT2D eigenvalue weighted by molar-refractivity contribution is 0.0739. The quantitative estimate of drug-likeness (QED) is 0.773. The molecule has 4 atom stereocenters. The first-order valence-corrected chi connectivity index (χ1v) is 7.74. The van der Waals surface area contributed by atoms with Crippen molar-refractivity contribution in [3.63, 3.8) is 0 Å². The molecule has 2 aliphatic carbocycles. The summed E-state index contributed by atoms with van der Waals surface area (Å²) in [6, 6.07) is 5.81. The van der Waals surface area contributed by atoms with Crippen LogP contribution in [0.1, 0.15) is 37.4 Å². The first-order chi connectivity index (χ1) is 8.15. The van der Waals surface area contributed by atoms with Crippen molar-refractivity contribution in [2.24, 2.45) is 17.8 Å². The highest BCUT2D eigenvalue weighted by molar-refractivity contribution is 14.1. The van der Waals surface area contributed by atoms with Crippen LogP contribution >= 0.6 is 34.2 Å². The Hall–Kier alpha value is 0.200. The summed E-state index contributed by atoms with van der Waals surface area (Å²) in [4.78, 5) is 0. The number of rotatable bonds is 2. The van der Waals surface area contributed by atoms with Crippen molar-refractivity contribution in [1.82, 2.24) is 0 Å². The minimum absolute atomic E-state index is 0.323. The lowest BCUT2D eigenvalue weighted by atomic mass is 9.82. The molecule has 2 bridgehead atoms. The van der Waals surface area contributed by atoms with Crippen molar-refractivity contribution in [1.29, 1.82) is 0 Å². The summed E-state index contributed by atoms with van der Waals surface area (Å²) < 4.78 is 1.13. The van der Waals surface area contributed by atoms with Gasteiger partial charge in [0.05, 0.1) is 6.10 Å². The molecule has 3 heteroatoms. The maximum Gasteiger partial charge on any atom is 0.0831 e. The van der Waals surface area contributed by atoms with Crippen molar-refractivity contribution in [2.75, 3.05) is 0 Å². The van der Waals surface area contributed by atoms with E-state index in [-0.39, 0.29) is 6.10 Å². The van der Waals surface area contributed by atoms with Gasteiger partial charge in [-0.3, -0.25) is 0 Å². The Morgan fingerprint density at radius 2 is 2.12 bits per heavy atom. The van der Waals surface area contributed by atoms with Crippen LogP contribution in [0.4, 0.5) is 0 Å². The zero-order valence-electron chi connectivity index (χ0n) is 9.57. The molecule has 4 unspecified atom stereocenters. The maximum absolute atomic E-state index is 10.6. The average Bonchev–Trinajstić information content (AvgIpc) is 2.93. The van der Waals surface area contributed by atoms with Gasteiger partial charge in [0.1, 0.15) is 0 Å². The molecule has 92 valence electrons. The van der Waals surface area contributed by atoms with Gasteiger partial charge in [-0.2, -0.15) is 0 Å². The first kappa shape index (κ1) is 12.2. The molecule has 1 N–H and O–H groups in total. The van der Waals surface area contributed by atoms with Gasteiger partial charge < -0.3 is 5.11 Å². The highest BCUT2D eigenvalue weighted by atomic mass is 127. The molecule has 0 heterocycles. The van der Waals surface area contributed by atoms with Gasteiger partial charge in [-0.1, -0.05) is 18.0 Å². The monoisotopic (exact) mass is 362 g/mol. The normalized spacial score (nSPS) is 33.0. The van der Waals surface area contributed by atoms with Crippen LogP contribution < -0.4 is 0 Å². The molecule has 0 spiro atoms. The molecular formula is C14H16ClIO. The molecule has 0 saturated heterocycles. The lowest BCUT2D eigenvalue weighted by Gasteiger charge is -2.27.